The Labute approximate surface area is 209 Å². The van der Waals surface area contributed by atoms with Gasteiger partial charge in [0, 0.05) is 24.5 Å². The Morgan fingerprint density at radius 1 is 1.09 bits per heavy atom. The summed E-state index contributed by atoms with van der Waals surface area (Å²) in [6.07, 6.45) is 5.23. The van der Waals surface area contributed by atoms with E-state index in [2.05, 4.69) is 40.2 Å². The van der Waals surface area contributed by atoms with Gasteiger partial charge < -0.3 is 19.7 Å². The maximum absolute atomic E-state index is 12.3. The first-order chi connectivity index (χ1) is 16.7. The Morgan fingerprint density at radius 3 is 2.34 bits per heavy atom. The van der Waals surface area contributed by atoms with Gasteiger partial charge in [-0.25, -0.2) is 9.59 Å². The molecule has 0 bridgehead atoms. The molecule has 0 atom stereocenters. The Balaban J connectivity index is 0.000000641. The van der Waals surface area contributed by atoms with Gasteiger partial charge in [-0.3, -0.25) is 15.1 Å². The summed E-state index contributed by atoms with van der Waals surface area (Å²) in [4.78, 5) is 36.7. The van der Waals surface area contributed by atoms with Crippen LogP contribution in [0.1, 0.15) is 18.4 Å². The lowest BCUT2D eigenvalue weighted by Gasteiger charge is -2.13. The van der Waals surface area contributed by atoms with Gasteiger partial charge in [0.2, 0.25) is 11.0 Å². The number of aryl methyl sites for hydroxylation is 1. The zero-order valence-electron chi connectivity index (χ0n) is 19.4. The number of carbonyl (C=O) groups is 3. The molecule has 188 valence electrons. The molecule has 0 aliphatic rings. The summed E-state index contributed by atoms with van der Waals surface area (Å²) in [7, 11) is 4.10. The molecule has 3 heterocycles. The highest BCUT2D eigenvalue weighted by Gasteiger charge is 2.16. The molecule has 35 heavy (non-hydrogen) atoms. The molecule has 3 aromatic rings. The Kier molecular flexibility index (Phi) is 11.2. The van der Waals surface area contributed by atoms with Gasteiger partial charge in [-0.15, -0.1) is 20.4 Å². The Morgan fingerprint density at radius 2 is 1.77 bits per heavy atom. The van der Waals surface area contributed by atoms with E-state index in [9.17, 15) is 4.79 Å². The number of nitrogens with zero attached hydrogens (tertiary/aromatic N) is 7. The summed E-state index contributed by atoms with van der Waals surface area (Å²) in [5.74, 6) is -2.78. The van der Waals surface area contributed by atoms with E-state index in [1.165, 1.54) is 23.1 Å². The number of nitrogens with one attached hydrogen (secondary N) is 1. The molecule has 3 N–H and O–H groups in total. The highest BCUT2D eigenvalue weighted by molar-refractivity contribution is 7.99. The van der Waals surface area contributed by atoms with E-state index < -0.39 is 11.9 Å². The van der Waals surface area contributed by atoms with Crippen LogP contribution in [0, 0.1) is 0 Å². The highest BCUT2D eigenvalue weighted by Crippen LogP contribution is 2.24. The third-order valence-electron chi connectivity index (χ3n) is 4.17. The van der Waals surface area contributed by atoms with E-state index in [-0.39, 0.29) is 11.7 Å². The van der Waals surface area contributed by atoms with Gasteiger partial charge in [-0.2, -0.15) is 0 Å². The molecule has 3 aromatic heterocycles. The second-order valence-corrected chi connectivity index (χ2v) is 9.16. The summed E-state index contributed by atoms with van der Waals surface area (Å²) in [6, 6.07) is 3.82. The molecule has 0 spiro atoms. The SMILES string of the molecule is CCc1nnc(NC(=O)CSc2nnc(-c3ccncc3)n2CCCN(C)C)s1.O=C(O)C(=O)O. The van der Waals surface area contributed by atoms with Gasteiger partial charge in [-0.1, -0.05) is 30.0 Å². The summed E-state index contributed by atoms with van der Waals surface area (Å²) in [5, 5.41) is 36.4. The lowest BCUT2D eigenvalue weighted by molar-refractivity contribution is -0.159. The van der Waals surface area contributed by atoms with Crippen molar-refractivity contribution in [2.45, 2.75) is 31.5 Å². The van der Waals surface area contributed by atoms with Gasteiger partial charge in [0.05, 0.1) is 5.75 Å². The number of pyridine rings is 1. The molecule has 13 nitrogen and oxygen atoms in total. The van der Waals surface area contributed by atoms with Crippen molar-refractivity contribution in [3.8, 4) is 11.4 Å². The lowest BCUT2D eigenvalue weighted by atomic mass is 10.2. The van der Waals surface area contributed by atoms with Crippen molar-refractivity contribution in [3.05, 3.63) is 29.5 Å². The number of rotatable bonds is 10. The average molecular weight is 523 g/mol. The van der Waals surface area contributed by atoms with Crippen molar-refractivity contribution in [2.24, 2.45) is 0 Å². The van der Waals surface area contributed by atoms with Gasteiger partial charge in [-0.05, 0) is 45.6 Å². The first-order valence-corrected chi connectivity index (χ1v) is 12.2. The van der Waals surface area contributed by atoms with Crippen LogP contribution >= 0.6 is 23.1 Å². The second-order valence-electron chi connectivity index (χ2n) is 7.15. The predicted octanol–water partition coefficient (Wildman–Crippen LogP) is 1.59. The van der Waals surface area contributed by atoms with Crippen LogP contribution in [-0.2, 0) is 27.3 Å². The molecular formula is C20H26N8O5S2. The predicted molar refractivity (Wildman–Crippen MR) is 130 cm³/mol. The number of aliphatic carboxylic acids is 2. The van der Waals surface area contributed by atoms with Crippen molar-refractivity contribution in [1.82, 2.24) is 34.8 Å². The first kappa shape index (κ1) is 27.8. The topological polar surface area (TPSA) is 176 Å². The number of hydrogen-bond acceptors (Lipinski definition) is 11. The number of hydrogen-bond donors (Lipinski definition) is 3. The van der Waals surface area contributed by atoms with Crippen molar-refractivity contribution in [2.75, 3.05) is 31.7 Å². The third kappa shape index (κ3) is 9.38. The maximum Gasteiger partial charge on any atom is 0.414 e. The van der Waals surface area contributed by atoms with E-state index in [0.29, 0.717) is 5.13 Å². The molecule has 0 saturated heterocycles. The summed E-state index contributed by atoms with van der Waals surface area (Å²) in [6.45, 7) is 3.73. The molecule has 0 aromatic carbocycles. The summed E-state index contributed by atoms with van der Waals surface area (Å²) in [5.41, 5.74) is 0.953. The van der Waals surface area contributed by atoms with Crippen LogP contribution in [0.4, 0.5) is 5.13 Å². The zero-order valence-corrected chi connectivity index (χ0v) is 21.0. The standard InChI is InChI=1S/C18H24N8OS2.C2H2O4/c1-4-15-21-23-17(29-15)20-14(27)12-28-18-24-22-16(13-6-8-19-9-7-13)26(18)11-5-10-25(2)3;3-1(4)2(5)6/h6-9H,4-5,10-12H2,1-3H3,(H,20,23,27);(H,3,4)(H,5,6). The fraction of sp³-hybridized carbons (Fsp3) is 0.400. The summed E-state index contributed by atoms with van der Waals surface area (Å²) < 4.78 is 2.07. The van der Waals surface area contributed by atoms with Crippen LogP contribution < -0.4 is 5.32 Å². The number of carboxylic acids is 2. The van der Waals surface area contributed by atoms with Gasteiger partial charge in [0.1, 0.15) is 5.01 Å². The Hall–Kier alpha value is -3.43. The average Bonchev–Trinajstić information content (AvgIpc) is 3.45. The minimum Gasteiger partial charge on any atom is -0.473 e. The van der Waals surface area contributed by atoms with Crippen molar-refractivity contribution in [1.29, 1.82) is 0 Å². The smallest absolute Gasteiger partial charge is 0.414 e. The molecule has 0 saturated carbocycles. The van der Waals surface area contributed by atoms with Gasteiger partial charge >= 0.3 is 11.9 Å². The van der Waals surface area contributed by atoms with Crippen molar-refractivity contribution >= 4 is 46.1 Å². The molecule has 0 radical (unpaired) electrons. The molecule has 0 unspecified atom stereocenters. The number of thioether (sulfide) groups is 1. The van der Waals surface area contributed by atoms with Crippen molar-refractivity contribution in [3.63, 3.8) is 0 Å². The van der Waals surface area contributed by atoms with Crippen molar-refractivity contribution < 1.29 is 24.6 Å². The minimum atomic E-state index is -1.82. The van der Waals surface area contributed by atoms with Crippen LogP contribution in [0.5, 0.6) is 0 Å². The second kappa shape index (κ2) is 14.1. The number of carbonyl (C=O) groups excluding carboxylic acids is 1. The molecule has 1 amide bonds. The minimum absolute atomic E-state index is 0.137. The number of carboxylic acid groups (broad SMARTS) is 2. The van der Waals surface area contributed by atoms with Crippen LogP contribution in [0.15, 0.2) is 29.7 Å². The van der Waals surface area contributed by atoms with E-state index in [4.69, 9.17) is 19.8 Å². The monoisotopic (exact) mass is 522 g/mol. The van der Waals surface area contributed by atoms with Crippen LogP contribution in [0.2, 0.25) is 0 Å². The van der Waals surface area contributed by atoms with E-state index in [1.807, 2.05) is 33.2 Å². The quantitative estimate of drug-likeness (QED) is 0.259. The fourth-order valence-corrected chi connectivity index (χ4v) is 4.05. The molecule has 0 aliphatic carbocycles. The maximum atomic E-state index is 12.3. The Bertz CT molecular complexity index is 1110. The molecular weight excluding hydrogens is 496 g/mol. The molecule has 0 fully saturated rings. The molecule has 15 heteroatoms. The fourth-order valence-electron chi connectivity index (χ4n) is 2.59. The highest BCUT2D eigenvalue weighted by atomic mass is 32.2. The van der Waals surface area contributed by atoms with E-state index in [0.717, 1.165) is 47.5 Å². The van der Waals surface area contributed by atoms with Crippen LogP contribution in [0.25, 0.3) is 11.4 Å². The van der Waals surface area contributed by atoms with Gasteiger partial charge in [0.25, 0.3) is 0 Å². The third-order valence-corrected chi connectivity index (χ3v) is 6.12. The first-order valence-electron chi connectivity index (χ1n) is 10.4. The lowest BCUT2D eigenvalue weighted by Crippen LogP contribution is -2.16. The zero-order chi connectivity index (χ0) is 25.8. The summed E-state index contributed by atoms with van der Waals surface area (Å²) >= 11 is 2.76. The van der Waals surface area contributed by atoms with Crippen LogP contribution in [-0.4, -0.2) is 89.3 Å². The number of aromatic nitrogens is 6. The molecule has 3 rings (SSSR count). The largest absolute Gasteiger partial charge is 0.473 e. The van der Waals surface area contributed by atoms with Gasteiger partial charge in [0.15, 0.2) is 11.0 Å². The normalized spacial score (nSPS) is 10.5. The van der Waals surface area contributed by atoms with E-state index >= 15 is 0 Å². The van der Waals surface area contributed by atoms with E-state index in [1.54, 1.807) is 12.4 Å². The number of anilines is 1. The number of amides is 1. The van der Waals surface area contributed by atoms with Crippen LogP contribution in [0.3, 0.4) is 0 Å². The molecule has 0 aliphatic heterocycles.